The summed E-state index contributed by atoms with van der Waals surface area (Å²) in [6, 6.07) is 8.70. The zero-order valence-electron chi connectivity index (χ0n) is 12.8. The highest BCUT2D eigenvalue weighted by Crippen LogP contribution is 2.44. The first-order valence-electron chi connectivity index (χ1n) is 8.33. The van der Waals surface area contributed by atoms with Crippen molar-refractivity contribution in [3.63, 3.8) is 0 Å². The summed E-state index contributed by atoms with van der Waals surface area (Å²) in [6.07, 6.45) is 9.03. The lowest BCUT2D eigenvalue weighted by Crippen LogP contribution is -2.46. The summed E-state index contributed by atoms with van der Waals surface area (Å²) in [7, 11) is 0. The van der Waals surface area contributed by atoms with Gasteiger partial charge >= 0.3 is 0 Å². The van der Waals surface area contributed by atoms with E-state index in [9.17, 15) is 0 Å². The average molecular weight is 273 g/mol. The lowest BCUT2D eigenvalue weighted by atomic mass is 9.82. The molecule has 0 bridgehead atoms. The molecule has 0 radical (unpaired) electrons. The normalized spacial score (nSPS) is 25.8. The summed E-state index contributed by atoms with van der Waals surface area (Å²) >= 11 is 0. The van der Waals surface area contributed by atoms with Crippen LogP contribution in [0.2, 0.25) is 0 Å². The Morgan fingerprint density at radius 3 is 2.50 bits per heavy atom. The summed E-state index contributed by atoms with van der Waals surface area (Å²) in [4.78, 5) is 0. The zero-order valence-corrected chi connectivity index (χ0v) is 12.8. The second-order valence-electron chi connectivity index (χ2n) is 6.33. The van der Waals surface area contributed by atoms with Gasteiger partial charge in [0.2, 0.25) is 0 Å². The van der Waals surface area contributed by atoms with E-state index >= 15 is 0 Å². The number of anilines is 1. The maximum Gasteiger partial charge on any atom is 0.131 e. The van der Waals surface area contributed by atoms with Crippen LogP contribution in [0.1, 0.15) is 64.4 Å². The molecule has 1 N–H and O–H groups in total. The predicted molar refractivity (Wildman–Crippen MR) is 83.8 cm³/mol. The summed E-state index contributed by atoms with van der Waals surface area (Å²) < 4.78 is 6.63. The topological polar surface area (TPSA) is 21.3 Å². The minimum absolute atomic E-state index is 0.0933. The lowest BCUT2D eigenvalue weighted by molar-refractivity contribution is -0.125. The number of para-hydroxylation sites is 1. The van der Waals surface area contributed by atoms with Gasteiger partial charge in [0.1, 0.15) is 6.23 Å². The van der Waals surface area contributed by atoms with Gasteiger partial charge in [0.15, 0.2) is 0 Å². The van der Waals surface area contributed by atoms with Crippen molar-refractivity contribution in [1.29, 1.82) is 0 Å². The molecule has 20 heavy (non-hydrogen) atoms. The number of ether oxygens (including phenoxy) is 1. The number of nitrogens with one attached hydrogen (secondary N) is 1. The molecule has 1 aromatic carbocycles. The Morgan fingerprint density at radius 1 is 1.10 bits per heavy atom. The van der Waals surface area contributed by atoms with Crippen LogP contribution in [0.3, 0.4) is 0 Å². The van der Waals surface area contributed by atoms with Crippen molar-refractivity contribution < 1.29 is 4.74 Å². The van der Waals surface area contributed by atoms with Crippen LogP contribution in [0, 0.1) is 5.92 Å². The molecule has 0 aromatic heterocycles. The highest BCUT2D eigenvalue weighted by atomic mass is 16.5. The number of rotatable bonds is 3. The van der Waals surface area contributed by atoms with Gasteiger partial charge in [-0.15, -0.1) is 0 Å². The Kier molecular flexibility index (Phi) is 4.02. The van der Waals surface area contributed by atoms with E-state index in [4.69, 9.17) is 4.74 Å². The van der Waals surface area contributed by atoms with Gasteiger partial charge < -0.3 is 10.1 Å². The Balaban J connectivity index is 1.91. The van der Waals surface area contributed by atoms with Crippen LogP contribution in [0.5, 0.6) is 0 Å². The van der Waals surface area contributed by atoms with Crippen LogP contribution >= 0.6 is 0 Å². The average Bonchev–Trinajstić information content (AvgIpc) is 2.54. The molecule has 110 valence electrons. The van der Waals surface area contributed by atoms with E-state index in [0.717, 1.165) is 12.8 Å². The Morgan fingerprint density at radius 2 is 1.80 bits per heavy atom. The van der Waals surface area contributed by atoms with Crippen LogP contribution in [-0.4, -0.2) is 6.23 Å². The molecule has 3 rings (SSSR count). The molecule has 2 heteroatoms. The van der Waals surface area contributed by atoms with E-state index < -0.39 is 0 Å². The molecule has 0 spiro atoms. The Hall–Kier alpha value is -1.02. The van der Waals surface area contributed by atoms with Gasteiger partial charge in [-0.2, -0.15) is 0 Å². The van der Waals surface area contributed by atoms with Gasteiger partial charge in [-0.25, -0.2) is 0 Å². The van der Waals surface area contributed by atoms with E-state index in [1.165, 1.54) is 43.4 Å². The van der Waals surface area contributed by atoms with Crippen molar-refractivity contribution in [2.45, 2.75) is 70.6 Å². The molecule has 0 amide bonds. The van der Waals surface area contributed by atoms with Crippen LogP contribution < -0.4 is 5.32 Å². The third-order valence-electron chi connectivity index (χ3n) is 5.29. The lowest BCUT2D eigenvalue weighted by Gasteiger charge is -2.46. The first-order chi connectivity index (χ1) is 9.79. The van der Waals surface area contributed by atoms with Gasteiger partial charge in [0, 0.05) is 17.2 Å². The minimum Gasteiger partial charge on any atom is -0.360 e. The van der Waals surface area contributed by atoms with Crippen molar-refractivity contribution >= 4 is 5.69 Å². The molecule has 1 fully saturated rings. The number of benzene rings is 1. The Labute approximate surface area is 122 Å². The fourth-order valence-electron chi connectivity index (χ4n) is 3.94. The SMILES string of the molecule is CCC1(CC)OC(C2CCCCC2)Nc2ccccc21. The van der Waals surface area contributed by atoms with E-state index in [1.807, 2.05) is 0 Å². The maximum atomic E-state index is 6.63. The van der Waals surface area contributed by atoms with Crippen molar-refractivity contribution in [3.05, 3.63) is 29.8 Å². The monoisotopic (exact) mass is 273 g/mol. The molecule has 1 aliphatic heterocycles. The van der Waals surface area contributed by atoms with Crippen LogP contribution in [0.15, 0.2) is 24.3 Å². The molecule has 1 heterocycles. The molecular weight excluding hydrogens is 246 g/mol. The molecule has 1 unspecified atom stereocenters. The molecule has 0 saturated heterocycles. The van der Waals surface area contributed by atoms with E-state index in [1.54, 1.807) is 0 Å². The third-order valence-corrected chi connectivity index (χ3v) is 5.29. The molecule has 2 aliphatic rings. The molecule has 1 saturated carbocycles. The largest absolute Gasteiger partial charge is 0.360 e. The van der Waals surface area contributed by atoms with E-state index in [0.29, 0.717) is 5.92 Å². The quantitative estimate of drug-likeness (QED) is 0.832. The zero-order chi connectivity index (χ0) is 14.0. The molecule has 2 nitrogen and oxygen atoms in total. The molecular formula is C18H27NO. The molecule has 1 atom stereocenters. The van der Waals surface area contributed by atoms with Gasteiger partial charge in [-0.3, -0.25) is 0 Å². The second kappa shape index (κ2) is 5.77. The van der Waals surface area contributed by atoms with E-state index in [-0.39, 0.29) is 11.8 Å². The third kappa shape index (κ3) is 2.35. The van der Waals surface area contributed by atoms with Gasteiger partial charge in [0.25, 0.3) is 0 Å². The highest BCUT2D eigenvalue weighted by Gasteiger charge is 2.41. The second-order valence-corrected chi connectivity index (χ2v) is 6.33. The summed E-state index contributed by atoms with van der Waals surface area (Å²) in [5.41, 5.74) is 2.54. The van der Waals surface area contributed by atoms with Crippen LogP contribution in [0.4, 0.5) is 5.69 Å². The fourth-order valence-corrected chi connectivity index (χ4v) is 3.94. The van der Waals surface area contributed by atoms with E-state index in [2.05, 4.69) is 43.4 Å². The maximum absolute atomic E-state index is 6.63. The predicted octanol–water partition coefficient (Wildman–Crippen LogP) is 5.05. The Bertz CT molecular complexity index is 446. The first-order valence-corrected chi connectivity index (χ1v) is 8.33. The van der Waals surface area contributed by atoms with Gasteiger partial charge in [0.05, 0.1) is 5.60 Å². The molecule has 1 aliphatic carbocycles. The van der Waals surface area contributed by atoms with Crippen molar-refractivity contribution in [3.8, 4) is 0 Å². The number of hydrogen-bond acceptors (Lipinski definition) is 2. The van der Waals surface area contributed by atoms with Gasteiger partial charge in [-0.05, 0) is 31.7 Å². The number of fused-ring (bicyclic) bond motifs is 1. The van der Waals surface area contributed by atoms with Crippen molar-refractivity contribution in [2.24, 2.45) is 5.92 Å². The highest BCUT2D eigenvalue weighted by molar-refractivity contribution is 5.56. The molecule has 1 aromatic rings. The van der Waals surface area contributed by atoms with Crippen molar-refractivity contribution in [1.82, 2.24) is 0 Å². The van der Waals surface area contributed by atoms with Crippen LogP contribution in [-0.2, 0) is 10.3 Å². The minimum atomic E-state index is -0.0933. The smallest absolute Gasteiger partial charge is 0.131 e. The van der Waals surface area contributed by atoms with Crippen molar-refractivity contribution in [2.75, 3.05) is 5.32 Å². The van der Waals surface area contributed by atoms with Gasteiger partial charge in [-0.1, -0.05) is 51.3 Å². The first kappa shape index (κ1) is 13.9. The summed E-state index contributed by atoms with van der Waals surface area (Å²) in [5, 5.41) is 3.67. The standard InChI is InChI=1S/C18H27NO/c1-3-18(4-2)15-12-8-9-13-16(15)19-17(20-18)14-10-6-5-7-11-14/h8-9,12-14,17,19H,3-7,10-11H2,1-2H3. The van der Waals surface area contributed by atoms with Crippen LogP contribution in [0.25, 0.3) is 0 Å². The fraction of sp³-hybridized carbons (Fsp3) is 0.667. The summed E-state index contributed by atoms with van der Waals surface area (Å²) in [5.74, 6) is 0.676. The summed E-state index contributed by atoms with van der Waals surface area (Å²) in [6.45, 7) is 4.51. The number of hydrogen-bond donors (Lipinski definition) is 1.